The van der Waals surface area contributed by atoms with Gasteiger partial charge in [0, 0.05) is 6.54 Å². The monoisotopic (exact) mass is 237 g/mol. The van der Waals surface area contributed by atoms with Crippen molar-refractivity contribution in [3.05, 3.63) is 35.4 Å². The highest BCUT2D eigenvalue weighted by Gasteiger charge is 2.24. The lowest BCUT2D eigenvalue weighted by atomic mass is 9.98. The molecule has 0 saturated carbocycles. The maximum atomic E-state index is 9.75. The predicted octanol–water partition coefficient (Wildman–Crippen LogP) is 0.591. The molecule has 0 radical (unpaired) electrons. The lowest BCUT2D eigenvalue weighted by Crippen LogP contribution is -2.44. The van der Waals surface area contributed by atoms with Gasteiger partial charge >= 0.3 is 0 Å². The van der Waals surface area contributed by atoms with Crippen molar-refractivity contribution in [2.24, 2.45) is 0 Å². The quantitative estimate of drug-likeness (QED) is 0.717. The number of rotatable bonds is 4. The fourth-order valence-corrected chi connectivity index (χ4v) is 1.95. The second-order valence-electron chi connectivity index (χ2n) is 4.80. The summed E-state index contributed by atoms with van der Waals surface area (Å²) in [5.74, 6) is 0. The minimum Gasteiger partial charge on any atom is -0.393 e. The first kappa shape index (κ1) is 12.5. The van der Waals surface area contributed by atoms with Gasteiger partial charge in [-0.1, -0.05) is 24.3 Å². The molecule has 0 bridgehead atoms. The van der Waals surface area contributed by atoms with Crippen LogP contribution in [0.5, 0.6) is 0 Å². The van der Waals surface area contributed by atoms with Gasteiger partial charge in [-0.05, 0) is 18.1 Å². The van der Waals surface area contributed by atoms with E-state index in [1.165, 1.54) is 11.1 Å². The average molecular weight is 237 g/mol. The molecular weight excluding hydrogens is 218 g/mol. The number of nitrogens with one attached hydrogen (secondary N) is 1. The van der Waals surface area contributed by atoms with E-state index in [0.717, 1.165) is 0 Å². The first-order chi connectivity index (χ1) is 8.12. The largest absolute Gasteiger partial charge is 0.393 e. The van der Waals surface area contributed by atoms with Crippen LogP contribution in [-0.2, 0) is 11.3 Å². The summed E-state index contributed by atoms with van der Waals surface area (Å²) in [5.41, 5.74) is 1.30. The van der Waals surface area contributed by atoms with Crippen LogP contribution < -0.4 is 5.32 Å². The Morgan fingerprint density at radius 3 is 3.00 bits per heavy atom. The minimum absolute atomic E-state index is 0.0815. The van der Waals surface area contributed by atoms with Crippen molar-refractivity contribution in [3.63, 3.8) is 0 Å². The Bertz CT molecular complexity index is 379. The van der Waals surface area contributed by atoms with Gasteiger partial charge in [-0.3, -0.25) is 0 Å². The van der Waals surface area contributed by atoms with Crippen LogP contribution in [0.15, 0.2) is 24.3 Å². The lowest BCUT2D eigenvalue weighted by molar-refractivity contribution is -0.00457. The number of ether oxygens (including phenoxy) is 1. The molecule has 4 nitrogen and oxygen atoms in total. The number of aliphatic hydroxyl groups is 2. The van der Waals surface area contributed by atoms with E-state index >= 15 is 0 Å². The summed E-state index contributed by atoms with van der Waals surface area (Å²) in [4.78, 5) is 0. The van der Waals surface area contributed by atoms with Gasteiger partial charge in [0.2, 0.25) is 0 Å². The standard InChI is InChI=1S/C13H19NO3/c1-13(16,9-15)8-14-12-7-17-6-10-4-2-3-5-11(10)12/h2-5,12,14-16H,6-9H2,1H3. The Morgan fingerprint density at radius 1 is 1.47 bits per heavy atom. The molecule has 1 aromatic carbocycles. The Balaban J connectivity index is 2.04. The number of hydrogen-bond donors (Lipinski definition) is 3. The van der Waals surface area contributed by atoms with Crippen LogP contribution in [0.25, 0.3) is 0 Å². The molecule has 2 unspecified atom stereocenters. The SMILES string of the molecule is CC(O)(CO)CNC1COCc2ccccc21. The zero-order valence-corrected chi connectivity index (χ0v) is 10.0. The number of hydrogen-bond acceptors (Lipinski definition) is 4. The topological polar surface area (TPSA) is 61.7 Å². The Labute approximate surface area is 101 Å². The molecular formula is C13H19NO3. The van der Waals surface area contributed by atoms with Gasteiger partial charge in [0.15, 0.2) is 0 Å². The molecule has 0 saturated heterocycles. The van der Waals surface area contributed by atoms with E-state index in [2.05, 4.69) is 11.4 Å². The van der Waals surface area contributed by atoms with Crippen molar-refractivity contribution in [2.75, 3.05) is 19.8 Å². The van der Waals surface area contributed by atoms with Gasteiger partial charge in [0.25, 0.3) is 0 Å². The summed E-state index contributed by atoms with van der Waals surface area (Å²) >= 11 is 0. The normalized spacial score (nSPS) is 22.9. The Kier molecular flexibility index (Phi) is 3.79. The van der Waals surface area contributed by atoms with E-state index < -0.39 is 5.60 Å². The van der Waals surface area contributed by atoms with E-state index in [9.17, 15) is 5.11 Å². The molecule has 3 N–H and O–H groups in total. The minimum atomic E-state index is -1.09. The van der Waals surface area contributed by atoms with Crippen LogP contribution in [0.3, 0.4) is 0 Å². The van der Waals surface area contributed by atoms with Gasteiger partial charge < -0.3 is 20.3 Å². The smallest absolute Gasteiger partial charge is 0.0973 e. The Hall–Kier alpha value is -0.940. The summed E-state index contributed by atoms with van der Waals surface area (Å²) in [6, 6.07) is 8.20. The summed E-state index contributed by atoms with van der Waals surface area (Å²) < 4.78 is 5.50. The Morgan fingerprint density at radius 2 is 2.24 bits per heavy atom. The molecule has 0 aliphatic carbocycles. The number of fused-ring (bicyclic) bond motifs is 1. The van der Waals surface area contributed by atoms with Crippen LogP contribution in [0, 0.1) is 0 Å². The van der Waals surface area contributed by atoms with Gasteiger partial charge in [-0.15, -0.1) is 0 Å². The second kappa shape index (κ2) is 5.14. The van der Waals surface area contributed by atoms with E-state index in [0.29, 0.717) is 19.8 Å². The first-order valence-electron chi connectivity index (χ1n) is 5.84. The summed E-state index contributed by atoms with van der Waals surface area (Å²) in [7, 11) is 0. The van der Waals surface area contributed by atoms with Crippen LogP contribution in [0.1, 0.15) is 24.1 Å². The second-order valence-corrected chi connectivity index (χ2v) is 4.80. The van der Waals surface area contributed by atoms with E-state index in [1.54, 1.807) is 6.92 Å². The van der Waals surface area contributed by atoms with Crippen LogP contribution in [-0.4, -0.2) is 35.6 Å². The van der Waals surface area contributed by atoms with Gasteiger partial charge in [0.1, 0.15) is 0 Å². The van der Waals surface area contributed by atoms with Crippen molar-refractivity contribution in [3.8, 4) is 0 Å². The highest BCUT2D eigenvalue weighted by molar-refractivity contribution is 5.31. The van der Waals surface area contributed by atoms with Crippen molar-refractivity contribution in [1.29, 1.82) is 0 Å². The van der Waals surface area contributed by atoms with Gasteiger partial charge in [0.05, 0.1) is 31.5 Å². The third kappa shape index (κ3) is 3.04. The molecule has 0 spiro atoms. The summed E-state index contributed by atoms with van der Waals surface area (Å²) in [5, 5.41) is 22.0. The molecule has 0 aromatic heterocycles. The zero-order chi connectivity index (χ0) is 12.3. The van der Waals surface area contributed by atoms with Crippen molar-refractivity contribution in [1.82, 2.24) is 5.32 Å². The maximum Gasteiger partial charge on any atom is 0.0973 e. The van der Waals surface area contributed by atoms with Crippen LogP contribution >= 0.6 is 0 Å². The van der Waals surface area contributed by atoms with Crippen LogP contribution in [0.2, 0.25) is 0 Å². The summed E-state index contributed by atoms with van der Waals surface area (Å²) in [6.45, 7) is 2.93. The first-order valence-corrected chi connectivity index (χ1v) is 5.84. The maximum absolute atomic E-state index is 9.75. The number of benzene rings is 1. The van der Waals surface area contributed by atoms with E-state index in [1.807, 2.05) is 18.2 Å². The fraction of sp³-hybridized carbons (Fsp3) is 0.538. The number of aliphatic hydroxyl groups excluding tert-OH is 1. The predicted molar refractivity (Wildman–Crippen MR) is 64.6 cm³/mol. The molecule has 1 aromatic rings. The lowest BCUT2D eigenvalue weighted by Gasteiger charge is -2.30. The van der Waals surface area contributed by atoms with Gasteiger partial charge in [-0.25, -0.2) is 0 Å². The van der Waals surface area contributed by atoms with Crippen molar-refractivity contribution >= 4 is 0 Å². The van der Waals surface area contributed by atoms with Crippen LogP contribution in [0.4, 0.5) is 0 Å². The molecule has 4 heteroatoms. The fourth-order valence-electron chi connectivity index (χ4n) is 1.95. The molecule has 1 heterocycles. The average Bonchev–Trinajstić information content (AvgIpc) is 2.36. The van der Waals surface area contributed by atoms with Gasteiger partial charge in [-0.2, -0.15) is 0 Å². The van der Waals surface area contributed by atoms with Crippen molar-refractivity contribution in [2.45, 2.75) is 25.2 Å². The molecule has 0 fully saturated rings. The molecule has 0 amide bonds. The van der Waals surface area contributed by atoms with Crippen molar-refractivity contribution < 1.29 is 14.9 Å². The third-order valence-corrected chi connectivity index (χ3v) is 3.04. The molecule has 2 rings (SSSR count). The molecule has 2 atom stereocenters. The summed E-state index contributed by atoms with van der Waals surface area (Å²) in [6.07, 6.45) is 0. The highest BCUT2D eigenvalue weighted by atomic mass is 16.5. The third-order valence-electron chi connectivity index (χ3n) is 3.04. The van der Waals surface area contributed by atoms with E-state index in [-0.39, 0.29) is 12.6 Å². The highest BCUT2D eigenvalue weighted by Crippen LogP contribution is 2.24. The van der Waals surface area contributed by atoms with E-state index in [4.69, 9.17) is 9.84 Å². The molecule has 1 aliphatic rings. The molecule has 1 aliphatic heterocycles. The zero-order valence-electron chi connectivity index (χ0n) is 10.0. The molecule has 94 valence electrons. The molecule has 17 heavy (non-hydrogen) atoms.